The van der Waals surface area contributed by atoms with E-state index in [0.717, 1.165) is 31.2 Å². The monoisotopic (exact) mass is 338 g/mol. The Morgan fingerprint density at radius 1 is 1.35 bits per heavy atom. The molecule has 0 aromatic heterocycles. The number of nitrogens with zero attached hydrogens (tertiary/aromatic N) is 1. The van der Waals surface area contributed by atoms with E-state index in [-0.39, 0.29) is 16.9 Å². The predicted molar refractivity (Wildman–Crippen MR) is 85.3 cm³/mol. The lowest BCUT2D eigenvalue weighted by molar-refractivity contribution is -0.143. The van der Waals surface area contributed by atoms with Crippen LogP contribution in [0.4, 0.5) is 0 Å². The zero-order valence-corrected chi connectivity index (χ0v) is 14.0. The number of sulfonamides is 1. The van der Waals surface area contributed by atoms with E-state index in [9.17, 15) is 13.2 Å². The molecule has 3 rings (SSSR count). The van der Waals surface area contributed by atoms with E-state index >= 15 is 0 Å². The molecule has 2 N–H and O–H groups in total. The highest BCUT2D eigenvalue weighted by molar-refractivity contribution is 7.89. The molecule has 1 aromatic carbocycles. The summed E-state index contributed by atoms with van der Waals surface area (Å²) in [7, 11) is -2.15. The first-order valence-electron chi connectivity index (χ1n) is 7.86. The zero-order valence-electron chi connectivity index (χ0n) is 13.2. The van der Waals surface area contributed by atoms with Crippen molar-refractivity contribution in [3.05, 3.63) is 29.8 Å². The van der Waals surface area contributed by atoms with E-state index in [0.29, 0.717) is 13.1 Å². The molecule has 0 bridgehead atoms. The van der Waals surface area contributed by atoms with Gasteiger partial charge < -0.3 is 10.5 Å². The summed E-state index contributed by atoms with van der Waals surface area (Å²) in [6, 6.07) is 6.50. The number of carbonyl (C=O) groups excluding carboxylic acids is 1. The Kier molecular flexibility index (Phi) is 4.20. The Balaban J connectivity index is 1.86. The maximum atomic E-state index is 12.7. The predicted octanol–water partition coefficient (Wildman–Crippen LogP) is 1.00. The van der Waals surface area contributed by atoms with Crippen molar-refractivity contribution in [2.45, 2.75) is 42.0 Å². The van der Waals surface area contributed by atoms with Gasteiger partial charge in [-0.05, 0) is 43.4 Å². The van der Waals surface area contributed by atoms with Gasteiger partial charge in [0, 0.05) is 19.1 Å². The number of methoxy groups -OCH3 is 1. The van der Waals surface area contributed by atoms with Gasteiger partial charge in [-0.25, -0.2) is 8.42 Å². The van der Waals surface area contributed by atoms with Crippen molar-refractivity contribution in [1.29, 1.82) is 0 Å². The number of nitrogens with two attached hydrogens (primary N) is 1. The van der Waals surface area contributed by atoms with Crippen LogP contribution in [0.25, 0.3) is 0 Å². The summed E-state index contributed by atoms with van der Waals surface area (Å²) >= 11 is 0. The van der Waals surface area contributed by atoms with Crippen LogP contribution in [0.2, 0.25) is 0 Å². The topological polar surface area (TPSA) is 89.7 Å². The number of ether oxygens (including phenoxy) is 1. The minimum atomic E-state index is -3.53. The smallest absolute Gasteiger partial charge is 0.316 e. The maximum absolute atomic E-state index is 12.7. The molecule has 1 saturated carbocycles. The fraction of sp³-hybridized carbons (Fsp3) is 0.562. The lowest BCUT2D eigenvalue weighted by atomic mass is 9.96. The normalized spacial score (nSPS) is 23.7. The first-order chi connectivity index (χ1) is 11.0. The summed E-state index contributed by atoms with van der Waals surface area (Å²) in [5.74, 6) is -0.254. The molecule has 2 aliphatic rings. The van der Waals surface area contributed by atoms with Crippen molar-refractivity contribution in [1.82, 2.24) is 4.31 Å². The lowest BCUT2D eigenvalue weighted by Gasteiger charge is -2.23. The SMILES string of the molecule is COC(=O)C1(c2ccc(S(=O)(=O)N3CCCC3CN)cc2)CC1. The molecule has 1 aliphatic carbocycles. The standard InChI is InChI=1S/C16H22N2O4S/c1-22-15(19)16(8-9-16)12-4-6-14(7-5-12)23(20,21)18-10-2-3-13(18)11-17/h4-7,13H,2-3,8-11,17H2,1H3. The third kappa shape index (κ3) is 2.66. The first-order valence-corrected chi connectivity index (χ1v) is 9.30. The fourth-order valence-corrected chi connectivity index (χ4v) is 5.08. The Bertz CT molecular complexity index is 695. The minimum Gasteiger partial charge on any atom is -0.468 e. The van der Waals surface area contributed by atoms with Gasteiger partial charge in [0.05, 0.1) is 17.4 Å². The van der Waals surface area contributed by atoms with Crippen LogP contribution in [0, 0.1) is 0 Å². The highest BCUT2D eigenvalue weighted by Gasteiger charge is 2.52. The van der Waals surface area contributed by atoms with Crippen molar-refractivity contribution in [3.8, 4) is 0 Å². The molecule has 1 aliphatic heterocycles. The molecule has 0 amide bonds. The summed E-state index contributed by atoms with van der Waals surface area (Å²) in [6.07, 6.45) is 3.13. The molecule has 2 fully saturated rings. The molecule has 1 saturated heterocycles. The summed E-state index contributed by atoms with van der Waals surface area (Å²) in [6.45, 7) is 0.848. The van der Waals surface area contributed by atoms with Crippen LogP contribution in [0.5, 0.6) is 0 Å². The molecular formula is C16H22N2O4S. The number of benzene rings is 1. The second-order valence-electron chi connectivity index (χ2n) is 6.25. The van der Waals surface area contributed by atoms with Crippen molar-refractivity contribution in [2.75, 3.05) is 20.2 Å². The van der Waals surface area contributed by atoms with Crippen molar-refractivity contribution in [2.24, 2.45) is 5.73 Å². The van der Waals surface area contributed by atoms with Gasteiger partial charge in [-0.3, -0.25) is 4.79 Å². The van der Waals surface area contributed by atoms with E-state index in [4.69, 9.17) is 10.5 Å². The van der Waals surface area contributed by atoms with Gasteiger partial charge in [-0.1, -0.05) is 12.1 Å². The highest BCUT2D eigenvalue weighted by atomic mass is 32.2. The van der Waals surface area contributed by atoms with Crippen molar-refractivity contribution in [3.63, 3.8) is 0 Å². The number of rotatable bonds is 5. The van der Waals surface area contributed by atoms with Gasteiger partial charge in [0.2, 0.25) is 10.0 Å². The van der Waals surface area contributed by atoms with E-state index < -0.39 is 15.4 Å². The van der Waals surface area contributed by atoms with Crippen LogP contribution in [0.1, 0.15) is 31.2 Å². The third-order valence-electron chi connectivity index (χ3n) is 4.93. The Labute approximate surface area is 136 Å². The van der Waals surface area contributed by atoms with Crippen LogP contribution < -0.4 is 5.73 Å². The molecule has 1 atom stereocenters. The third-order valence-corrected chi connectivity index (χ3v) is 6.90. The second kappa shape index (κ2) is 5.89. The van der Waals surface area contributed by atoms with Gasteiger partial charge in [0.1, 0.15) is 0 Å². The zero-order chi connectivity index (χ0) is 16.7. The largest absolute Gasteiger partial charge is 0.468 e. The molecule has 126 valence electrons. The minimum absolute atomic E-state index is 0.121. The summed E-state index contributed by atoms with van der Waals surface area (Å²) < 4.78 is 31.9. The number of esters is 1. The molecule has 6 nitrogen and oxygen atoms in total. The second-order valence-corrected chi connectivity index (χ2v) is 8.14. The summed E-state index contributed by atoms with van der Waals surface area (Å²) in [5.41, 5.74) is 5.92. The maximum Gasteiger partial charge on any atom is 0.316 e. The van der Waals surface area contributed by atoms with Gasteiger partial charge in [0.15, 0.2) is 0 Å². The Hall–Kier alpha value is -1.44. The average molecular weight is 338 g/mol. The molecule has 23 heavy (non-hydrogen) atoms. The van der Waals surface area contributed by atoms with Crippen LogP contribution in [0.3, 0.4) is 0 Å². The van der Waals surface area contributed by atoms with Crippen molar-refractivity contribution >= 4 is 16.0 Å². The first kappa shape index (κ1) is 16.4. The average Bonchev–Trinajstić information content (AvgIpc) is 3.23. The van der Waals surface area contributed by atoms with Crippen LogP contribution in [-0.4, -0.2) is 44.9 Å². The molecule has 0 spiro atoms. The van der Waals surface area contributed by atoms with Crippen LogP contribution in [0.15, 0.2) is 29.2 Å². The van der Waals surface area contributed by atoms with Gasteiger partial charge >= 0.3 is 5.97 Å². The van der Waals surface area contributed by atoms with Crippen LogP contribution >= 0.6 is 0 Å². The quantitative estimate of drug-likeness (QED) is 0.809. The van der Waals surface area contributed by atoms with Crippen LogP contribution in [-0.2, 0) is 25.0 Å². The number of hydrogen-bond acceptors (Lipinski definition) is 5. The summed E-state index contributed by atoms with van der Waals surface area (Å²) in [5, 5.41) is 0. The van der Waals surface area contributed by atoms with E-state index in [1.807, 2.05) is 0 Å². The number of hydrogen-bond donors (Lipinski definition) is 1. The molecule has 1 heterocycles. The highest BCUT2D eigenvalue weighted by Crippen LogP contribution is 2.49. The van der Waals surface area contributed by atoms with E-state index in [2.05, 4.69) is 0 Å². The molecule has 0 radical (unpaired) electrons. The van der Waals surface area contributed by atoms with Gasteiger partial charge in [0.25, 0.3) is 0 Å². The molecule has 7 heteroatoms. The van der Waals surface area contributed by atoms with Gasteiger partial charge in [-0.2, -0.15) is 4.31 Å². The molecule has 1 unspecified atom stereocenters. The lowest BCUT2D eigenvalue weighted by Crippen LogP contribution is -2.39. The Morgan fingerprint density at radius 2 is 2.00 bits per heavy atom. The molecular weight excluding hydrogens is 316 g/mol. The van der Waals surface area contributed by atoms with Gasteiger partial charge in [-0.15, -0.1) is 0 Å². The Morgan fingerprint density at radius 3 is 2.52 bits per heavy atom. The fourth-order valence-electron chi connectivity index (χ4n) is 3.37. The molecule has 1 aromatic rings. The summed E-state index contributed by atoms with van der Waals surface area (Å²) in [4.78, 5) is 12.2. The van der Waals surface area contributed by atoms with Crippen molar-refractivity contribution < 1.29 is 17.9 Å². The number of carbonyl (C=O) groups is 1. The van der Waals surface area contributed by atoms with E-state index in [1.54, 1.807) is 24.3 Å². The van der Waals surface area contributed by atoms with E-state index in [1.165, 1.54) is 11.4 Å².